The SMILES string of the molecule is CC1(C)CNC2(CCOCC2)OC1. The van der Waals surface area contributed by atoms with Crippen molar-refractivity contribution in [1.82, 2.24) is 5.32 Å². The van der Waals surface area contributed by atoms with Gasteiger partial charge < -0.3 is 9.47 Å². The van der Waals surface area contributed by atoms with E-state index in [0.29, 0.717) is 0 Å². The van der Waals surface area contributed by atoms with E-state index in [1.807, 2.05) is 0 Å². The molecule has 0 unspecified atom stereocenters. The van der Waals surface area contributed by atoms with Crippen LogP contribution >= 0.6 is 0 Å². The van der Waals surface area contributed by atoms with Gasteiger partial charge in [0.05, 0.1) is 19.8 Å². The first-order valence-electron chi connectivity index (χ1n) is 5.09. The summed E-state index contributed by atoms with van der Waals surface area (Å²) in [7, 11) is 0. The molecular formula is C10H19NO2. The topological polar surface area (TPSA) is 30.5 Å². The second-order valence-corrected chi connectivity index (χ2v) is 4.91. The van der Waals surface area contributed by atoms with E-state index in [1.54, 1.807) is 0 Å². The van der Waals surface area contributed by atoms with Crippen LogP contribution in [-0.4, -0.2) is 32.1 Å². The third kappa shape index (κ3) is 2.03. The first-order valence-corrected chi connectivity index (χ1v) is 5.09. The van der Waals surface area contributed by atoms with E-state index in [2.05, 4.69) is 19.2 Å². The molecule has 13 heavy (non-hydrogen) atoms. The molecule has 2 aliphatic rings. The highest BCUT2D eigenvalue weighted by atomic mass is 16.5. The molecule has 0 bridgehead atoms. The predicted octanol–water partition coefficient (Wildman–Crippen LogP) is 1.14. The first-order chi connectivity index (χ1) is 6.12. The van der Waals surface area contributed by atoms with E-state index in [1.165, 1.54) is 0 Å². The zero-order valence-corrected chi connectivity index (χ0v) is 8.56. The molecule has 0 aromatic rings. The molecule has 2 heterocycles. The molecule has 0 atom stereocenters. The lowest BCUT2D eigenvalue weighted by Gasteiger charge is -2.46. The van der Waals surface area contributed by atoms with Crippen LogP contribution in [0.1, 0.15) is 26.7 Å². The predicted molar refractivity (Wildman–Crippen MR) is 50.5 cm³/mol. The van der Waals surface area contributed by atoms with Crippen LogP contribution in [-0.2, 0) is 9.47 Å². The third-order valence-corrected chi connectivity index (χ3v) is 2.93. The lowest BCUT2D eigenvalue weighted by Crippen LogP contribution is -2.59. The zero-order chi connectivity index (χ0) is 9.36. The Morgan fingerprint density at radius 2 is 1.85 bits per heavy atom. The van der Waals surface area contributed by atoms with Gasteiger partial charge in [0, 0.05) is 24.8 Å². The van der Waals surface area contributed by atoms with Crippen LogP contribution in [0.15, 0.2) is 0 Å². The van der Waals surface area contributed by atoms with Gasteiger partial charge in [-0.05, 0) is 0 Å². The number of hydrogen-bond acceptors (Lipinski definition) is 3. The number of hydrogen-bond donors (Lipinski definition) is 1. The summed E-state index contributed by atoms with van der Waals surface area (Å²) in [5, 5.41) is 3.52. The standard InChI is InChI=1S/C10H19NO2/c1-9(2)7-11-10(13-8-9)3-5-12-6-4-10/h11H,3-8H2,1-2H3. The third-order valence-electron chi connectivity index (χ3n) is 2.93. The Labute approximate surface area is 79.8 Å². The highest BCUT2D eigenvalue weighted by molar-refractivity contribution is 4.88. The van der Waals surface area contributed by atoms with E-state index < -0.39 is 0 Å². The van der Waals surface area contributed by atoms with Gasteiger partial charge in [-0.25, -0.2) is 0 Å². The maximum absolute atomic E-state index is 5.93. The molecule has 2 saturated heterocycles. The van der Waals surface area contributed by atoms with Crippen molar-refractivity contribution in [2.75, 3.05) is 26.4 Å². The van der Waals surface area contributed by atoms with Gasteiger partial charge in [0.15, 0.2) is 0 Å². The van der Waals surface area contributed by atoms with Crippen molar-refractivity contribution in [3.63, 3.8) is 0 Å². The van der Waals surface area contributed by atoms with Crippen molar-refractivity contribution in [3.8, 4) is 0 Å². The van der Waals surface area contributed by atoms with Gasteiger partial charge in [-0.1, -0.05) is 13.8 Å². The van der Waals surface area contributed by atoms with Gasteiger partial charge in [-0.3, -0.25) is 5.32 Å². The summed E-state index contributed by atoms with van der Waals surface area (Å²) >= 11 is 0. The van der Waals surface area contributed by atoms with Crippen molar-refractivity contribution in [2.45, 2.75) is 32.4 Å². The maximum Gasteiger partial charge on any atom is 0.123 e. The Morgan fingerprint density at radius 1 is 1.15 bits per heavy atom. The Morgan fingerprint density at radius 3 is 2.38 bits per heavy atom. The summed E-state index contributed by atoms with van der Waals surface area (Å²) in [6, 6.07) is 0. The van der Waals surface area contributed by atoms with Gasteiger partial charge in [0.25, 0.3) is 0 Å². The van der Waals surface area contributed by atoms with Crippen LogP contribution in [0.4, 0.5) is 0 Å². The molecular weight excluding hydrogens is 166 g/mol. The largest absolute Gasteiger partial charge is 0.381 e. The first kappa shape index (κ1) is 9.44. The lowest BCUT2D eigenvalue weighted by molar-refractivity contribution is -0.176. The van der Waals surface area contributed by atoms with E-state index in [4.69, 9.17) is 9.47 Å². The highest BCUT2D eigenvalue weighted by Crippen LogP contribution is 2.30. The number of rotatable bonds is 0. The molecule has 2 fully saturated rings. The molecule has 0 saturated carbocycles. The van der Waals surface area contributed by atoms with Crippen LogP contribution in [0.2, 0.25) is 0 Å². The second kappa shape index (κ2) is 3.23. The van der Waals surface area contributed by atoms with E-state index in [0.717, 1.165) is 39.2 Å². The van der Waals surface area contributed by atoms with E-state index in [-0.39, 0.29) is 11.1 Å². The van der Waals surface area contributed by atoms with E-state index in [9.17, 15) is 0 Å². The molecule has 0 aliphatic carbocycles. The molecule has 1 N–H and O–H groups in total. The number of ether oxygens (including phenoxy) is 2. The smallest absolute Gasteiger partial charge is 0.123 e. The summed E-state index contributed by atoms with van der Waals surface area (Å²) < 4.78 is 11.3. The van der Waals surface area contributed by atoms with Gasteiger partial charge in [0.2, 0.25) is 0 Å². The molecule has 0 aromatic carbocycles. The molecule has 2 rings (SSSR count). The Balaban J connectivity index is 1.95. The minimum absolute atomic E-state index is 0.0617. The second-order valence-electron chi connectivity index (χ2n) is 4.91. The fourth-order valence-electron chi connectivity index (χ4n) is 1.86. The summed E-state index contributed by atoms with van der Waals surface area (Å²) in [5.41, 5.74) is 0.220. The number of nitrogens with one attached hydrogen (secondary N) is 1. The van der Waals surface area contributed by atoms with Crippen LogP contribution in [0, 0.1) is 5.41 Å². The molecule has 0 aromatic heterocycles. The van der Waals surface area contributed by atoms with Crippen molar-refractivity contribution >= 4 is 0 Å². The van der Waals surface area contributed by atoms with Crippen molar-refractivity contribution < 1.29 is 9.47 Å². The van der Waals surface area contributed by atoms with Gasteiger partial charge in [-0.2, -0.15) is 0 Å². The molecule has 0 amide bonds. The molecule has 76 valence electrons. The van der Waals surface area contributed by atoms with Crippen LogP contribution in [0.3, 0.4) is 0 Å². The zero-order valence-electron chi connectivity index (χ0n) is 8.56. The highest BCUT2D eigenvalue weighted by Gasteiger charge is 2.39. The van der Waals surface area contributed by atoms with E-state index >= 15 is 0 Å². The normalized spacial score (nSPS) is 31.8. The summed E-state index contributed by atoms with van der Waals surface area (Å²) in [6.07, 6.45) is 1.98. The Kier molecular flexibility index (Phi) is 2.34. The molecule has 2 aliphatic heterocycles. The quantitative estimate of drug-likeness (QED) is 0.614. The summed E-state index contributed by atoms with van der Waals surface area (Å²) in [6.45, 7) is 8.02. The summed E-state index contributed by atoms with van der Waals surface area (Å²) in [5.74, 6) is 0. The average molecular weight is 185 g/mol. The Bertz CT molecular complexity index is 173. The fraction of sp³-hybridized carbons (Fsp3) is 1.00. The fourth-order valence-corrected chi connectivity index (χ4v) is 1.86. The maximum atomic E-state index is 5.93. The van der Waals surface area contributed by atoms with Gasteiger partial charge in [0.1, 0.15) is 5.72 Å². The summed E-state index contributed by atoms with van der Waals surface area (Å²) in [4.78, 5) is 0. The van der Waals surface area contributed by atoms with Crippen molar-refractivity contribution in [1.29, 1.82) is 0 Å². The van der Waals surface area contributed by atoms with Gasteiger partial charge >= 0.3 is 0 Å². The molecule has 3 nitrogen and oxygen atoms in total. The molecule has 1 spiro atoms. The molecule has 0 radical (unpaired) electrons. The van der Waals surface area contributed by atoms with Crippen LogP contribution < -0.4 is 5.32 Å². The van der Waals surface area contributed by atoms with Crippen molar-refractivity contribution in [3.05, 3.63) is 0 Å². The van der Waals surface area contributed by atoms with Crippen LogP contribution in [0.5, 0.6) is 0 Å². The van der Waals surface area contributed by atoms with Gasteiger partial charge in [-0.15, -0.1) is 0 Å². The lowest BCUT2D eigenvalue weighted by atomic mass is 9.90. The van der Waals surface area contributed by atoms with Crippen LogP contribution in [0.25, 0.3) is 0 Å². The molecule has 3 heteroatoms. The Hall–Kier alpha value is -0.120. The monoisotopic (exact) mass is 185 g/mol. The average Bonchev–Trinajstić information content (AvgIpc) is 2.13. The minimum atomic E-state index is -0.0617. The minimum Gasteiger partial charge on any atom is -0.381 e. The van der Waals surface area contributed by atoms with Crippen molar-refractivity contribution in [2.24, 2.45) is 5.41 Å².